The Hall–Kier alpha value is -5.84. The van der Waals surface area contributed by atoms with E-state index < -0.39 is 24.1 Å². The molecule has 0 bridgehead atoms. The number of aliphatic carboxylic acids is 1. The topological polar surface area (TPSA) is 114 Å². The van der Waals surface area contributed by atoms with Gasteiger partial charge in [-0.05, 0) is 55.0 Å². The molecule has 0 aliphatic carbocycles. The molecule has 1 fully saturated rings. The number of carbonyl (C=O) groups excluding carboxylic acids is 3. The summed E-state index contributed by atoms with van der Waals surface area (Å²) in [4.78, 5) is 62.2. The van der Waals surface area contributed by atoms with E-state index >= 15 is 0 Å². The van der Waals surface area contributed by atoms with Crippen LogP contribution in [0.2, 0.25) is 0 Å². The number of methoxy groups -OCH3 is 1. The zero-order valence-electron chi connectivity index (χ0n) is 25.7. The monoisotopic (exact) mass is 619 g/mol. The summed E-state index contributed by atoms with van der Waals surface area (Å²) >= 11 is 0. The summed E-state index contributed by atoms with van der Waals surface area (Å²) in [6, 6.07) is 25.9. The van der Waals surface area contributed by atoms with E-state index in [9.17, 15) is 24.3 Å². The van der Waals surface area contributed by atoms with Crippen molar-refractivity contribution < 1.29 is 29.0 Å². The minimum atomic E-state index is -1.36. The molecule has 11 nitrogen and oxygen atoms in total. The second-order valence-electron chi connectivity index (χ2n) is 11.1. The van der Waals surface area contributed by atoms with Crippen molar-refractivity contribution in [2.75, 3.05) is 48.5 Å². The Morgan fingerprint density at radius 3 is 2.11 bits per heavy atom. The average Bonchev–Trinajstić information content (AvgIpc) is 3.17. The molecule has 0 spiro atoms. The fraction of sp³-hybridized carbons (Fsp3) is 0.200. The van der Waals surface area contributed by atoms with Crippen molar-refractivity contribution in [3.05, 3.63) is 108 Å². The molecule has 1 N–H and O–H groups in total. The Labute approximate surface area is 266 Å². The Balaban J connectivity index is 1.37. The zero-order chi connectivity index (χ0) is 32.5. The fourth-order valence-electron chi connectivity index (χ4n) is 6.04. The Kier molecular flexibility index (Phi) is 8.06. The summed E-state index contributed by atoms with van der Waals surface area (Å²) in [5, 5.41) is 10.4. The predicted molar refractivity (Wildman–Crippen MR) is 175 cm³/mol. The summed E-state index contributed by atoms with van der Waals surface area (Å²) in [7, 11) is 3.16. The van der Waals surface area contributed by atoms with Crippen molar-refractivity contribution in [2.24, 2.45) is 0 Å². The molecular weight excluding hydrogens is 586 g/mol. The van der Waals surface area contributed by atoms with E-state index in [4.69, 9.17) is 4.74 Å². The minimum absolute atomic E-state index is 0.0559. The molecule has 1 atom stereocenters. The van der Waals surface area contributed by atoms with Crippen LogP contribution in [0.4, 0.5) is 38.0 Å². The summed E-state index contributed by atoms with van der Waals surface area (Å²) in [5.74, 6) is -1.08. The Bertz CT molecular complexity index is 1840. The first-order valence-corrected chi connectivity index (χ1v) is 14.8. The van der Waals surface area contributed by atoms with Crippen LogP contribution in [0.3, 0.4) is 0 Å². The lowest BCUT2D eigenvalue weighted by Gasteiger charge is -2.42. The number of ether oxygens (including phenoxy) is 1. The number of carboxylic acid groups (broad SMARTS) is 1. The van der Waals surface area contributed by atoms with Crippen LogP contribution in [-0.4, -0.2) is 78.7 Å². The average molecular weight is 620 g/mol. The van der Waals surface area contributed by atoms with Gasteiger partial charge in [0.05, 0.1) is 47.7 Å². The largest absolute Gasteiger partial charge is 0.495 e. The molecule has 11 heteroatoms. The van der Waals surface area contributed by atoms with Crippen molar-refractivity contribution in [2.45, 2.75) is 13.0 Å². The van der Waals surface area contributed by atoms with Gasteiger partial charge >= 0.3 is 18.0 Å². The van der Waals surface area contributed by atoms with Gasteiger partial charge in [0.2, 0.25) is 0 Å². The third-order valence-corrected chi connectivity index (χ3v) is 8.41. The van der Waals surface area contributed by atoms with Crippen LogP contribution in [0.15, 0.2) is 97.1 Å². The van der Waals surface area contributed by atoms with Crippen LogP contribution in [0.5, 0.6) is 5.75 Å². The highest BCUT2D eigenvalue weighted by molar-refractivity contribution is 6.18. The lowest BCUT2D eigenvalue weighted by molar-refractivity contribution is -0.143. The maximum atomic E-state index is 14.5. The number of aryl methyl sites for hydroxylation is 1. The van der Waals surface area contributed by atoms with Crippen LogP contribution < -0.4 is 19.4 Å². The number of amides is 5. The standard InChI is InChI=1S/C35H33N5O6/c1-23-12-4-6-14-25(23)39(29-18-10-11-19-31(29)46-3)34(44)37-20-21-38(30(22-37)33(42)43)35(45)40-26-15-7-5-13-24(26)32(41)36(2)27-16-8-9-17-28(27)40/h4-19,30H,20-22H2,1-3H3,(H,42,43)/t30-/m0/s1. The number of carboxylic acids is 1. The number of carbonyl (C=O) groups is 4. The highest BCUT2D eigenvalue weighted by Gasteiger charge is 2.43. The quantitative estimate of drug-likeness (QED) is 0.305. The van der Waals surface area contributed by atoms with E-state index in [0.717, 1.165) is 5.56 Å². The van der Waals surface area contributed by atoms with Crippen LogP contribution in [0.25, 0.3) is 0 Å². The number of piperazine rings is 1. The first-order chi connectivity index (χ1) is 22.2. The molecule has 1 saturated heterocycles. The first-order valence-electron chi connectivity index (χ1n) is 14.8. The van der Waals surface area contributed by atoms with Crippen molar-refractivity contribution in [3.63, 3.8) is 0 Å². The summed E-state index contributed by atoms with van der Waals surface area (Å²) in [6.45, 7) is 1.65. The number of fused-ring (bicyclic) bond motifs is 2. The lowest BCUT2D eigenvalue weighted by Crippen LogP contribution is -2.62. The van der Waals surface area contributed by atoms with E-state index in [1.54, 1.807) is 79.8 Å². The van der Waals surface area contributed by atoms with E-state index in [1.165, 1.54) is 31.6 Å². The molecule has 0 radical (unpaired) electrons. The summed E-state index contributed by atoms with van der Waals surface area (Å²) in [6.07, 6.45) is 0. The smallest absolute Gasteiger partial charge is 0.330 e. The molecule has 6 rings (SSSR count). The molecule has 2 heterocycles. The number of urea groups is 2. The second-order valence-corrected chi connectivity index (χ2v) is 11.1. The van der Waals surface area contributed by atoms with Gasteiger partial charge in [-0.3, -0.25) is 14.6 Å². The van der Waals surface area contributed by atoms with Crippen LogP contribution in [0, 0.1) is 6.92 Å². The van der Waals surface area contributed by atoms with Crippen LogP contribution in [-0.2, 0) is 4.79 Å². The maximum Gasteiger partial charge on any atom is 0.330 e. The van der Waals surface area contributed by atoms with E-state index in [1.807, 2.05) is 31.2 Å². The van der Waals surface area contributed by atoms with Crippen molar-refractivity contribution in [3.8, 4) is 5.75 Å². The molecule has 46 heavy (non-hydrogen) atoms. The Morgan fingerprint density at radius 2 is 1.41 bits per heavy atom. The molecule has 0 aromatic heterocycles. The van der Waals surface area contributed by atoms with E-state index in [-0.39, 0.29) is 25.5 Å². The number of nitrogens with zero attached hydrogens (tertiary/aromatic N) is 5. The van der Waals surface area contributed by atoms with Crippen molar-refractivity contribution in [1.29, 1.82) is 0 Å². The molecular formula is C35H33N5O6. The van der Waals surface area contributed by atoms with Crippen molar-refractivity contribution in [1.82, 2.24) is 9.80 Å². The molecule has 0 unspecified atom stereocenters. The van der Waals surface area contributed by atoms with Gasteiger partial charge in [-0.2, -0.15) is 0 Å². The maximum absolute atomic E-state index is 14.5. The number of hydrogen-bond acceptors (Lipinski definition) is 5. The zero-order valence-corrected chi connectivity index (χ0v) is 25.7. The van der Waals surface area contributed by atoms with E-state index in [2.05, 4.69) is 0 Å². The third-order valence-electron chi connectivity index (χ3n) is 8.41. The van der Waals surface area contributed by atoms with Crippen LogP contribution >= 0.6 is 0 Å². The van der Waals surface area contributed by atoms with Gasteiger partial charge in [0.15, 0.2) is 0 Å². The van der Waals surface area contributed by atoms with E-state index in [0.29, 0.717) is 39.7 Å². The molecule has 234 valence electrons. The molecule has 2 aliphatic rings. The predicted octanol–water partition coefficient (Wildman–Crippen LogP) is 5.88. The van der Waals surface area contributed by atoms with Gasteiger partial charge in [0, 0.05) is 20.1 Å². The highest BCUT2D eigenvalue weighted by Crippen LogP contribution is 2.41. The number of para-hydroxylation sites is 6. The van der Waals surface area contributed by atoms with Gasteiger partial charge in [0.1, 0.15) is 11.8 Å². The normalized spacial score (nSPS) is 15.9. The third kappa shape index (κ3) is 5.15. The van der Waals surface area contributed by atoms with Gasteiger partial charge in [0.25, 0.3) is 5.91 Å². The van der Waals surface area contributed by atoms with Crippen molar-refractivity contribution >= 4 is 52.4 Å². The molecule has 4 aromatic carbocycles. The minimum Gasteiger partial charge on any atom is -0.495 e. The number of rotatable bonds is 4. The van der Waals surface area contributed by atoms with Gasteiger partial charge in [-0.1, -0.05) is 54.6 Å². The lowest BCUT2D eigenvalue weighted by atomic mass is 10.1. The number of benzene rings is 4. The number of hydrogen-bond donors (Lipinski definition) is 1. The molecule has 5 amide bonds. The van der Waals surface area contributed by atoms with Gasteiger partial charge in [-0.15, -0.1) is 0 Å². The molecule has 0 saturated carbocycles. The molecule has 4 aromatic rings. The van der Waals surface area contributed by atoms with Gasteiger partial charge < -0.3 is 24.5 Å². The molecule has 2 aliphatic heterocycles. The highest BCUT2D eigenvalue weighted by atomic mass is 16.5. The summed E-state index contributed by atoms with van der Waals surface area (Å²) in [5.41, 5.74) is 3.56. The van der Waals surface area contributed by atoms with Crippen LogP contribution in [0.1, 0.15) is 15.9 Å². The summed E-state index contributed by atoms with van der Waals surface area (Å²) < 4.78 is 5.59. The fourth-order valence-corrected chi connectivity index (χ4v) is 6.04. The SMILES string of the molecule is COc1ccccc1N(C(=O)N1CCN(C(=O)N2c3ccccc3C(=O)N(C)c3ccccc32)[C@H](C(=O)O)C1)c1ccccc1C. The second kappa shape index (κ2) is 12.3. The van der Waals surface area contributed by atoms with Gasteiger partial charge in [-0.25, -0.2) is 14.4 Å². The Morgan fingerprint density at radius 1 is 0.804 bits per heavy atom. The number of anilines is 5. The first kappa shape index (κ1) is 30.2.